The number of carbonyl (C=O) groups is 3. The molecule has 4 aromatic rings. The lowest BCUT2D eigenvalue weighted by atomic mass is 9.96. The van der Waals surface area contributed by atoms with Crippen molar-refractivity contribution in [3.63, 3.8) is 0 Å². The fourth-order valence-electron chi connectivity index (χ4n) is 4.80. The molecule has 1 aliphatic carbocycles. The molecule has 1 heterocycles. The van der Waals surface area contributed by atoms with E-state index in [-0.39, 0.29) is 17.1 Å². The topological polar surface area (TPSA) is 85.6 Å². The highest BCUT2D eigenvalue weighted by atomic mass is 16.5. The van der Waals surface area contributed by atoms with Crippen LogP contribution in [0.4, 0.5) is 0 Å². The van der Waals surface area contributed by atoms with Gasteiger partial charge in [-0.15, -0.1) is 0 Å². The summed E-state index contributed by atoms with van der Waals surface area (Å²) in [5.41, 5.74) is 3.43. The van der Waals surface area contributed by atoms with Gasteiger partial charge < -0.3 is 14.4 Å². The number of aromatic nitrogens is 1. The molecule has 0 unspecified atom stereocenters. The number of aromatic carboxylic acids is 1. The van der Waals surface area contributed by atoms with Crippen molar-refractivity contribution in [1.29, 1.82) is 0 Å². The monoisotopic (exact) mass is 465 g/mol. The summed E-state index contributed by atoms with van der Waals surface area (Å²) in [4.78, 5) is 36.7. The van der Waals surface area contributed by atoms with Crippen molar-refractivity contribution >= 4 is 45.0 Å². The van der Waals surface area contributed by atoms with E-state index in [0.29, 0.717) is 11.3 Å². The van der Waals surface area contributed by atoms with Crippen LogP contribution < -0.4 is 4.74 Å². The van der Waals surface area contributed by atoms with Crippen LogP contribution in [0.1, 0.15) is 53.1 Å². The number of carboxylic acid groups (broad SMARTS) is 1. The average molecular weight is 466 g/mol. The minimum atomic E-state index is -1.21. The molecule has 0 saturated heterocycles. The first kappa shape index (κ1) is 22.3. The molecule has 6 nitrogen and oxygen atoms in total. The Balaban J connectivity index is 1.92. The maximum absolute atomic E-state index is 13.1. The number of esters is 1. The lowest BCUT2D eigenvalue weighted by Crippen LogP contribution is -2.09. The Hall–Kier alpha value is -4.45. The predicted molar refractivity (Wildman–Crippen MR) is 135 cm³/mol. The van der Waals surface area contributed by atoms with Gasteiger partial charge in [0.1, 0.15) is 11.3 Å². The molecule has 0 fully saturated rings. The van der Waals surface area contributed by atoms with Crippen LogP contribution in [0.15, 0.2) is 72.8 Å². The zero-order valence-corrected chi connectivity index (χ0v) is 19.4. The van der Waals surface area contributed by atoms with E-state index < -0.39 is 11.9 Å². The van der Waals surface area contributed by atoms with Gasteiger partial charge in [-0.25, -0.2) is 4.79 Å². The SMILES string of the molecule is CC(=O)Oc1ccc(-n2c(C3=CCCC=C3)c(C(C)=O)c3c4ccccc4ccc32)cc1C(=O)O. The number of hydrogen-bond donors (Lipinski definition) is 1. The van der Waals surface area contributed by atoms with Gasteiger partial charge in [0.05, 0.1) is 16.8 Å². The number of carboxylic acids is 1. The summed E-state index contributed by atoms with van der Waals surface area (Å²) in [5, 5.41) is 12.6. The fraction of sp³-hybridized carbons (Fsp3) is 0.138. The van der Waals surface area contributed by atoms with E-state index in [0.717, 1.165) is 45.8 Å². The Morgan fingerprint density at radius 2 is 1.77 bits per heavy atom. The van der Waals surface area contributed by atoms with Gasteiger partial charge in [-0.05, 0) is 60.4 Å². The van der Waals surface area contributed by atoms with Crippen LogP contribution in [-0.2, 0) is 4.79 Å². The fourth-order valence-corrected chi connectivity index (χ4v) is 4.80. The second-order valence-electron chi connectivity index (χ2n) is 8.51. The molecule has 0 bridgehead atoms. The van der Waals surface area contributed by atoms with Crippen LogP contribution in [0.3, 0.4) is 0 Å². The van der Waals surface area contributed by atoms with Crippen molar-refractivity contribution < 1.29 is 24.2 Å². The van der Waals surface area contributed by atoms with Crippen LogP contribution in [0.5, 0.6) is 5.75 Å². The Labute approximate surface area is 201 Å². The van der Waals surface area contributed by atoms with Gasteiger partial charge >= 0.3 is 11.9 Å². The normalized spacial score (nSPS) is 13.1. The number of ether oxygens (including phenoxy) is 1. The minimum absolute atomic E-state index is 0.0271. The highest BCUT2D eigenvalue weighted by molar-refractivity contribution is 6.21. The molecule has 0 spiro atoms. The third-order valence-corrected chi connectivity index (χ3v) is 6.18. The highest BCUT2D eigenvalue weighted by Crippen LogP contribution is 2.40. The number of benzene rings is 3. The molecule has 3 aromatic carbocycles. The third-order valence-electron chi connectivity index (χ3n) is 6.18. The van der Waals surface area contributed by atoms with E-state index in [1.165, 1.54) is 19.1 Å². The van der Waals surface area contributed by atoms with Crippen molar-refractivity contribution in [3.05, 3.63) is 89.6 Å². The number of carbonyl (C=O) groups excluding carboxylic acids is 2. The summed E-state index contributed by atoms with van der Waals surface area (Å²) in [6.07, 6.45) is 7.95. The number of fused-ring (bicyclic) bond motifs is 3. The highest BCUT2D eigenvalue weighted by Gasteiger charge is 2.26. The smallest absolute Gasteiger partial charge is 0.339 e. The Bertz CT molecular complexity index is 1600. The summed E-state index contributed by atoms with van der Waals surface area (Å²) in [6.45, 7) is 2.78. The molecule has 6 heteroatoms. The largest absolute Gasteiger partial charge is 0.478 e. The first-order valence-corrected chi connectivity index (χ1v) is 11.4. The maximum atomic E-state index is 13.1. The summed E-state index contributed by atoms with van der Waals surface area (Å²) in [6, 6.07) is 16.5. The first-order chi connectivity index (χ1) is 16.9. The van der Waals surface area contributed by atoms with Gasteiger partial charge in [0.15, 0.2) is 5.78 Å². The van der Waals surface area contributed by atoms with Gasteiger partial charge in [0, 0.05) is 18.0 Å². The summed E-state index contributed by atoms with van der Waals surface area (Å²) in [7, 11) is 0. The Morgan fingerprint density at radius 3 is 2.46 bits per heavy atom. The molecule has 0 saturated carbocycles. The zero-order chi connectivity index (χ0) is 24.7. The quantitative estimate of drug-likeness (QED) is 0.211. The van der Waals surface area contributed by atoms with Gasteiger partial charge in [-0.3, -0.25) is 9.59 Å². The molecule has 1 aromatic heterocycles. The Morgan fingerprint density at radius 1 is 0.971 bits per heavy atom. The zero-order valence-electron chi connectivity index (χ0n) is 19.4. The Kier molecular flexibility index (Phi) is 5.57. The molecule has 0 radical (unpaired) electrons. The number of rotatable bonds is 5. The summed E-state index contributed by atoms with van der Waals surface area (Å²) < 4.78 is 7.06. The molecular weight excluding hydrogens is 442 g/mol. The average Bonchev–Trinajstić information content (AvgIpc) is 3.20. The number of Topliss-reactive ketones (excluding diaryl/α,β-unsaturated/α-hetero) is 1. The van der Waals surface area contributed by atoms with E-state index >= 15 is 0 Å². The number of hydrogen-bond acceptors (Lipinski definition) is 4. The number of allylic oxidation sites excluding steroid dienone is 4. The lowest BCUT2D eigenvalue weighted by Gasteiger charge is -2.16. The van der Waals surface area contributed by atoms with Crippen molar-refractivity contribution in [2.24, 2.45) is 0 Å². The standard InChI is InChI=1S/C29H23NO5/c1-17(31)26-27-22-11-7-6-8-19(22)12-14-24(27)30(28(26)20-9-4-3-5-10-20)21-13-15-25(35-18(2)32)23(16-21)29(33)34/h4,6-16H,3,5H2,1-2H3,(H,33,34). The molecule has 0 amide bonds. The molecule has 5 rings (SSSR count). The predicted octanol–water partition coefficient (Wildman–Crippen LogP) is 6.34. The van der Waals surface area contributed by atoms with E-state index in [9.17, 15) is 19.5 Å². The number of nitrogens with zero attached hydrogens (tertiary/aromatic N) is 1. The lowest BCUT2D eigenvalue weighted by molar-refractivity contribution is -0.131. The van der Waals surface area contributed by atoms with Crippen LogP contribution in [-0.4, -0.2) is 27.4 Å². The van der Waals surface area contributed by atoms with Crippen molar-refractivity contribution in [2.75, 3.05) is 0 Å². The van der Waals surface area contributed by atoms with Gasteiger partial charge in [-0.2, -0.15) is 0 Å². The third kappa shape index (κ3) is 3.83. The number of ketones is 1. The molecule has 174 valence electrons. The van der Waals surface area contributed by atoms with Gasteiger partial charge in [-0.1, -0.05) is 48.6 Å². The van der Waals surface area contributed by atoms with Crippen LogP contribution in [0.25, 0.3) is 32.9 Å². The van der Waals surface area contributed by atoms with Crippen molar-refractivity contribution in [2.45, 2.75) is 26.7 Å². The first-order valence-electron chi connectivity index (χ1n) is 11.4. The van der Waals surface area contributed by atoms with Crippen molar-refractivity contribution in [3.8, 4) is 11.4 Å². The molecule has 0 aliphatic heterocycles. The second-order valence-corrected chi connectivity index (χ2v) is 8.51. The molecule has 35 heavy (non-hydrogen) atoms. The molecular formula is C29H23NO5. The van der Waals surface area contributed by atoms with E-state index in [1.54, 1.807) is 13.0 Å². The minimum Gasteiger partial charge on any atom is -0.478 e. The van der Waals surface area contributed by atoms with E-state index in [4.69, 9.17) is 4.74 Å². The van der Waals surface area contributed by atoms with E-state index in [1.807, 2.05) is 47.0 Å². The van der Waals surface area contributed by atoms with Crippen LogP contribution >= 0.6 is 0 Å². The molecule has 1 aliphatic rings. The van der Waals surface area contributed by atoms with Crippen LogP contribution in [0, 0.1) is 0 Å². The van der Waals surface area contributed by atoms with E-state index in [2.05, 4.69) is 12.2 Å². The van der Waals surface area contributed by atoms with Crippen molar-refractivity contribution in [1.82, 2.24) is 4.57 Å². The van der Waals surface area contributed by atoms with Gasteiger partial charge in [0.25, 0.3) is 0 Å². The van der Waals surface area contributed by atoms with Crippen LogP contribution in [0.2, 0.25) is 0 Å². The molecule has 0 atom stereocenters. The summed E-state index contributed by atoms with van der Waals surface area (Å²) >= 11 is 0. The molecule has 1 N–H and O–H groups in total. The maximum Gasteiger partial charge on any atom is 0.339 e. The second kappa shape index (κ2) is 8.72. The van der Waals surface area contributed by atoms with Gasteiger partial charge in [0.2, 0.25) is 0 Å². The summed E-state index contributed by atoms with van der Waals surface area (Å²) in [5.74, 6) is -1.92.